The van der Waals surface area contributed by atoms with E-state index in [0.29, 0.717) is 0 Å². The van der Waals surface area contributed by atoms with Gasteiger partial charge in [0, 0.05) is 0 Å². The summed E-state index contributed by atoms with van der Waals surface area (Å²) in [6.07, 6.45) is 0. The van der Waals surface area contributed by atoms with E-state index >= 15 is 0 Å². The van der Waals surface area contributed by atoms with Crippen LogP contribution in [0.2, 0.25) is 10.4 Å². The first-order chi connectivity index (χ1) is 15.4. The molecule has 0 aromatic heterocycles. The summed E-state index contributed by atoms with van der Waals surface area (Å²) in [5.74, 6) is 0. The van der Waals surface area contributed by atoms with Crippen molar-refractivity contribution in [3.05, 3.63) is 121 Å². The van der Waals surface area contributed by atoms with Gasteiger partial charge in [0.1, 0.15) is 0 Å². The number of nitrogens with one attached hydrogen (secondary N) is 1. The van der Waals surface area contributed by atoms with E-state index in [0.717, 1.165) is 13.1 Å². The van der Waals surface area contributed by atoms with E-state index in [-0.39, 0.29) is 0 Å². The van der Waals surface area contributed by atoms with Gasteiger partial charge in [-0.3, -0.25) is 0 Å². The first-order valence-electron chi connectivity index (χ1n) is 10.9. The standard InChI is InChI=1S/C28H29As2N/c1-5-13-25(14-6-1)29(26-15-7-2-8-16-26)21-23-31-24-22-30(27-17-9-3-10-18-27)28-19-11-4-12-20-28/h1-20,31H,21-24H2. The van der Waals surface area contributed by atoms with Crippen LogP contribution >= 0.6 is 0 Å². The molecule has 0 aliphatic carbocycles. The van der Waals surface area contributed by atoms with Gasteiger partial charge in [-0.2, -0.15) is 0 Å². The van der Waals surface area contributed by atoms with Crippen molar-refractivity contribution < 1.29 is 0 Å². The zero-order valence-corrected chi connectivity index (χ0v) is 21.5. The van der Waals surface area contributed by atoms with Crippen molar-refractivity contribution in [1.29, 1.82) is 0 Å². The van der Waals surface area contributed by atoms with E-state index in [1.807, 2.05) is 0 Å². The van der Waals surface area contributed by atoms with Crippen LogP contribution < -0.4 is 22.7 Å². The van der Waals surface area contributed by atoms with Crippen LogP contribution in [0.3, 0.4) is 0 Å². The van der Waals surface area contributed by atoms with Crippen LogP contribution in [0.4, 0.5) is 0 Å². The molecule has 0 amide bonds. The third-order valence-corrected chi connectivity index (χ3v) is 15.8. The van der Waals surface area contributed by atoms with Gasteiger partial charge in [-0.1, -0.05) is 0 Å². The van der Waals surface area contributed by atoms with Crippen LogP contribution in [-0.4, -0.2) is 42.4 Å². The molecular formula is C28H29As2N. The predicted octanol–water partition coefficient (Wildman–Crippen LogP) is 3.19. The van der Waals surface area contributed by atoms with Gasteiger partial charge in [-0.05, 0) is 0 Å². The van der Waals surface area contributed by atoms with Crippen LogP contribution in [-0.2, 0) is 0 Å². The molecule has 0 radical (unpaired) electrons. The van der Waals surface area contributed by atoms with Gasteiger partial charge in [0.2, 0.25) is 0 Å². The van der Waals surface area contributed by atoms with Gasteiger partial charge >= 0.3 is 197 Å². The molecule has 4 aromatic rings. The fourth-order valence-corrected chi connectivity index (χ4v) is 13.2. The van der Waals surface area contributed by atoms with Gasteiger partial charge in [0.05, 0.1) is 0 Å². The number of hydrogen-bond acceptors (Lipinski definition) is 1. The Balaban J connectivity index is 1.37. The Kier molecular flexibility index (Phi) is 8.66. The SMILES string of the molecule is c1ccc([As](CCNCC[As](c2ccccc2)c2ccccc2)c2ccccc2)cc1. The molecule has 156 valence electrons. The summed E-state index contributed by atoms with van der Waals surface area (Å²) in [6.45, 7) is 2.19. The van der Waals surface area contributed by atoms with E-state index in [9.17, 15) is 0 Å². The zero-order valence-electron chi connectivity index (χ0n) is 17.8. The first-order valence-corrected chi connectivity index (χ1v) is 17.3. The topological polar surface area (TPSA) is 12.0 Å². The Hall–Kier alpha value is -2.04. The maximum absolute atomic E-state index is 3.80. The zero-order chi connectivity index (χ0) is 21.1. The van der Waals surface area contributed by atoms with Crippen molar-refractivity contribution in [2.45, 2.75) is 10.4 Å². The Labute approximate surface area is 196 Å². The molecule has 0 aliphatic heterocycles. The quantitative estimate of drug-likeness (QED) is 0.246. The molecule has 1 nitrogen and oxygen atoms in total. The maximum atomic E-state index is 3.80. The number of rotatable bonds is 10. The minimum atomic E-state index is -1.27. The summed E-state index contributed by atoms with van der Waals surface area (Å²) in [5.41, 5.74) is 0. The molecule has 4 aromatic carbocycles. The van der Waals surface area contributed by atoms with E-state index < -0.39 is 29.3 Å². The fraction of sp³-hybridized carbons (Fsp3) is 0.143. The second-order valence-electron chi connectivity index (χ2n) is 7.40. The van der Waals surface area contributed by atoms with Crippen molar-refractivity contribution in [3.63, 3.8) is 0 Å². The first kappa shape index (κ1) is 22.2. The Morgan fingerprint density at radius 2 is 0.645 bits per heavy atom. The summed E-state index contributed by atoms with van der Waals surface area (Å²) in [6, 6.07) is 44.5. The van der Waals surface area contributed by atoms with Gasteiger partial charge in [0.25, 0.3) is 0 Å². The molecule has 0 saturated heterocycles. The molecule has 0 saturated carbocycles. The molecule has 0 atom stereocenters. The fourth-order valence-electron chi connectivity index (χ4n) is 3.75. The molecular weight excluding hydrogens is 500 g/mol. The summed E-state index contributed by atoms with van der Waals surface area (Å²) < 4.78 is 6.18. The summed E-state index contributed by atoms with van der Waals surface area (Å²) in [5, 5.41) is 6.31. The molecule has 1 N–H and O–H groups in total. The molecule has 0 spiro atoms. The molecule has 0 fully saturated rings. The Bertz CT molecular complexity index is 844. The van der Waals surface area contributed by atoms with Gasteiger partial charge in [-0.25, -0.2) is 0 Å². The predicted molar refractivity (Wildman–Crippen MR) is 138 cm³/mol. The average Bonchev–Trinajstić information content (AvgIpc) is 2.86. The van der Waals surface area contributed by atoms with E-state index in [1.165, 1.54) is 10.4 Å². The van der Waals surface area contributed by atoms with Crippen molar-refractivity contribution in [3.8, 4) is 0 Å². The van der Waals surface area contributed by atoms with Crippen molar-refractivity contribution >= 4 is 46.7 Å². The van der Waals surface area contributed by atoms with Crippen molar-refractivity contribution in [2.75, 3.05) is 13.1 Å². The molecule has 0 heterocycles. The van der Waals surface area contributed by atoms with Crippen LogP contribution in [0.25, 0.3) is 0 Å². The van der Waals surface area contributed by atoms with Crippen LogP contribution in [0, 0.1) is 0 Å². The molecule has 0 unspecified atom stereocenters. The molecule has 0 aliphatic rings. The van der Waals surface area contributed by atoms with Crippen molar-refractivity contribution in [1.82, 2.24) is 5.32 Å². The van der Waals surface area contributed by atoms with E-state index in [1.54, 1.807) is 17.4 Å². The summed E-state index contributed by atoms with van der Waals surface area (Å²) in [4.78, 5) is 0. The normalized spacial score (nSPS) is 11.2. The number of benzene rings is 4. The summed E-state index contributed by atoms with van der Waals surface area (Å²) >= 11 is -2.54. The Morgan fingerprint density at radius 3 is 0.903 bits per heavy atom. The third kappa shape index (κ3) is 6.47. The van der Waals surface area contributed by atoms with E-state index in [4.69, 9.17) is 0 Å². The minimum absolute atomic E-state index is 1.09. The molecule has 0 bridgehead atoms. The number of hydrogen-bond donors (Lipinski definition) is 1. The van der Waals surface area contributed by atoms with Crippen molar-refractivity contribution in [2.24, 2.45) is 0 Å². The van der Waals surface area contributed by atoms with Crippen LogP contribution in [0.5, 0.6) is 0 Å². The van der Waals surface area contributed by atoms with Gasteiger partial charge in [0.15, 0.2) is 0 Å². The van der Waals surface area contributed by atoms with Gasteiger partial charge in [-0.15, -0.1) is 0 Å². The molecule has 3 heteroatoms. The van der Waals surface area contributed by atoms with E-state index in [2.05, 4.69) is 127 Å². The monoisotopic (exact) mass is 529 g/mol. The average molecular weight is 529 g/mol. The van der Waals surface area contributed by atoms with Crippen LogP contribution in [0.1, 0.15) is 0 Å². The molecule has 4 rings (SSSR count). The van der Waals surface area contributed by atoms with Gasteiger partial charge < -0.3 is 0 Å². The summed E-state index contributed by atoms with van der Waals surface area (Å²) in [7, 11) is 0. The second-order valence-corrected chi connectivity index (χ2v) is 17.2. The third-order valence-electron chi connectivity index (χ3n) is 5.30. The second kappa shape index (κ2) is 12.1. The Morgan fingerprint density at radius 1 is 0.387 bits per heavy atom. The van der Waals surface area contributed by atoms with Crippen LogP contribution in [0.15, 0.2) is 121 Å². The molecule has 31 heavy (non-hydrogen) atoms.